The maximum atomic E-state index is 11.4. The molecule has 14 heavy (non-hydrogen) atoms. The second-order valence-corrected chi connectivity index (χ2v) is 2.85. The summed E-state index contributed by atoms with van der Waals surface area (Å²) in [5.74, 6) is 0.195. The summed E-state index contributed by atoms with van der Waals surface area (Å²) in [5.41, 5.74) is 0.724. The number of aliphatic hydroxyl groups is 1. The van der Waals surface area contributed by atoms with Crippen LogP contribution in [0.2, 0.25) is 0 Å². The summed E-state index contributed by atoms with van der Waals surface area (Å²) in [6.45, 7) is 1.42. The molecular formula is C8H8N4O2. The first-order chi connectivity index (χ1) is 6.70. The number of nitrogens with zero attached hydrogens (tertiary/aromatic N) is 3. The minimum Gasteiger partial charge on any atom is -0.388 e. The van der Waals surface area contributed by atoms with Gasteiger partial charge in [-0.05, 0) is 6.92 Å². The van der Waals surface area contributed by atoms with Gasteiger partial charge < -0.3 is 10.1 Å². The molecule has 0 radical (unpaired) electrons. The lowest BCUT2D eigenvalue weighted by Gasteiger charge is -1.98. The number of aliphatic hydroxyl groups excluding tert-OH is 1. The van der Waals surface area contributed by atoms with Crippen LogP contribution in [0.25, 0.3) is 11.2 Å². The molecule has 2 heterocycles. The number of rotatable bonds is 1. The van der Waals surface area contributed by atoms with Gasteiger partial charge in [-0.1, -0.05) is 0 Å². The highest BCUT2D eigenvalue weighted by Crippen LogP contribution is 2.00. The Balaban J connectivity index is 2.83. The molecule has 0 bridgehead atoms. The first-order valence-electron chi connectivity index (χ1n) is 4.04. The van der Waals surface area contributed by atoms with Crippen LogP contribution in [0.1, 0.15) is 11.5 Å². The van der Waals surface area contributed by atoms with Crippen LogP contribution in [0.15, 0.2) is 11.0 Å². The molecule has 6 nitrogen and oxygen atoms in total. The average Bonchev–Trinajstić information content (AvgIpc) is 2.19. The van der Waals surface area contributed by atoms with Gasteiger partial charge in [-0.2, -0.15) is 0 Å². The zero-order valence-electron chi connectivity index (χ0n) is 7.48. The van der Waals surface area contributed by atoms with Gasteiger partial charge in [-0.15, -0.1) is 0 Å². The first-order valence-corrected chi connectivity index (χ1v) is 4.04. The monoisotopic (exact) mass is 192 g/mol. The van der Waals surface area contributed by atoms with Crippen molar-refractivity contribution in [2.24, 2.45) is 0 Å². The van der Waals surface area contributed by atoms with Crippen LogP contribution in [-0.2, 0) is 6.61 Å². The molecule has 0 amide bonds. The van der Waals surface area contributed by atoms with Crippen LogP contribution in [0, 0.1) is 6.92 Å². The fourth-order valence-electron chi connectivity index (χ4n) is 1.13. The van der Waals surface area contributed by atoms with E-state index in [1.807, 2.05) is 0 Å². The van der Waals surface area contributed by atoms with Crippen LogP contribution >= 0.6 is 0 Å². The normalized spacial score (nSPS) is 10.7. The van der Waals surface area contributed by atoms with Crippen molar-refractivity contribution >= 4 is 11.2 Å². The zero-order valence-corrected chi connectivity index (χ0v) is 7.48. The van der Waals surface area contributed by atoms with Gasteiger partial charge in [-0.3, -0.25) is 4.79 Å². The SMILES string of the molecule is Cc1cnc2nc(CO)[nH]c(=O)c2n1. The predicted octanol–water partition coefficient (Wildman–Crippen LogP) is -0.486. The third-order valence-corrected chi connectivity index (χ3v) is 1.74. The lowest BCUT2D eigenvalue weighted by molar-refractivity contribution is 0.271. The van der Waals surface area contributed by atoms with E-state index in [1.54, 1.807) is 6.92 Å². The van der Waals surface area contributed by atoms with E-state index in [0.717, 1.165) is 0 Å². The van der Waals surface area contributed by atoms with Crippen molar-refractivity contribution in [3.8, 4) is 0 Å². The van der Waals surface area contributed by atoms with Crippen molar-refractivity contribution in [3.05, 3.63) is 28.1 Å². The van der Waals surface area contributed by atoms with Gasteiger partial charge in [0.15, 0.2) is 11.2 Å². The zero-order chi connectivity index (χ0) is 10.1. The smallest absolute Gasteiger partial charge is 0.279 e. The van der Waals surface area contributed by atoms with Crippen molar-refractivity contribution in [1.29, 1.82) is 0 Å². The third-order valence-electron chi connectivity index (χ3n) is 1.74. The van der Waals surface area contributed by atoms with Crippen LogP contribution < -0.4 is 5.56 Å². The Morgan fingerprint density at radius 2 is 2.29 bits per heavy atom. The van der Waals surface area contributed by atoms with Gasteiger partial charge in [0.2, 0.25) is 0 Å². The number of hydrogen-bond donors (Lipinski definition) is 2. The van der Waals surface area contributed by atoms with Crippen molar-refractivity contribution in [2.45, 2.75) is 13.5 Å². The number of aromatic amines is 1. The fraction of sp³-hybridized carbons (Fsp3) is 0.250. The van der Waals surface area contributed by atoms with E-state index in [2.05, 4.69) is 19.9 Å². The highest BCUT2D eigenvalue weighted by Gasteiger charge is 2.05. The van der Waals surface area contributed by atoms with Crippen molar-refractivity contribution in [1.82, 2.24) is 19.9 Å². The Kier molecular flexibility index (Phi) is 1.97. The van der Waals surface area contributed by atoms with E-state index in [0.29, 0.717) is 5.69 Å². The largest absolute Gasteiger partial charge is 0.388 e. The average molecular weight is 192 g/mol. The van der Waals surface area contributed by atoms with Gasteiger partial charge in [0.05, 0.1) is 11.9 Å². The highest BCUT2D eigenvalue weighted by molar-refractivity contribution is 5.67. The van der Waals surface area contributed by atoms with Gasteiger partial charge in [0.25, 0.3) is 5.56 Å². The number of hydrogen-bond acceptors (Lipinski definition) is 5. The van der Waals surface area contributed by atoms with E-state index in [1.165, 1.54) is 6.20 Å². The Labute approximate surface area is 78.7 Å². The van der Waals surface area contributed by atoms with E-state index >= 15 is 0 Å². The molecule has 0 aliphatic carbocycles. The molecule has 2 rings (SSSR count). The number of aromatic nitrogens is 4. The second kappa shape index (κ2) is 3.15. The Morgan fingerprint density at radius 1 is 1.50 bits per heavy atom. The van der Waals surface area contributed by atoms with Gasteiger partial charge in [0.1, 0.15) is 12.4 Å². The van der Waals surface area contributed by atoms with Crippen molar-refractivity contribution in [3.63, 3.8) is 0 Å². The summed E-state index contributed by atoms with van der Waals surface area (Å²) < 4.78 is 0. The molecule has 2 aromatic rings. The standard InChI is InChI=1S/C8H8N4O2/c1-4-2-9-7-6(10-4)8(14)12-5(3-13)11-7/h2,13H,3H2,1H3,(H,9,11,12,14). The molecule has 0 aliphatic rings. The lowest BCUT2D eigenvalue weighted by atomic mass is 10.4. The lowest BCUT2D eigenvalue weighted by Crippen LogP contribution is -2.14. The molecule has 0 saturated heterocycles. The van der Waals surface area contributed by atoms with Gasteiger partial charge >= 0.3 is 0 Å². The Hall–Kier alpha value is -1.82. The van der Waals surface area contributed by atoms with Gasteiger partial charge in [0, 0.05) is 0 Å². The van der Waals surface area contributed by atoms with E-state index < -0.39 is 0 Å². The van der Waals surface area contributed by atoms with Crippen LogP contribution in [0.5, 0.6) is 0 Å². The topological polar surface area (TPSA) is 91.8 Å². The molecular weight excluding hydrogens is 184 g/mol. The summed E-state index contributed by atoms with van der Waals surface area (Å²) in [6.07, 6.45) is 1.52. The number of fused-ring (bicyclic) bond motifs is 1. The molecule has 72 valence electrons. The molecule has 0 unspecified atom stereocenters. The van der Waals surface area contributed by atoms with E-state index in [9.17, 15) is 4.79 Å². The third kappa shape index (κ3) is 1.35. The minimum absolute atomic E-state index is 0.195. The molecule has 0 aliphatic heterocycles. The van der Waals surface area contributed by atoms with E-state index in [-0.39, 0.29) is 29.2 Å². The molecule has 0 atom stereocenters. The number of aryl methyl sites for hydroxylation is 1. The molecule has 0 aromatic carbocycles. The van der Waals surface area contributed by atoms with Crippen LogP contribution in [0.4, 0.5) is 0 Å². The molecule has 0 spiro atoms. The maximum absolute atomic E-state index is 11.4. The number of H-pyrrole nitrogens is 1. The highest BCUT2D eigenvalue weighted by atomic mass is 16.3. The van der Waals surface area contributed by atoms with E-state index in [4.69, 9.17) is 5.11 Å². The summed E-state index contributed by atoms with van der Waals surface area (Å²) in [6, 6.07) is 0. The van der Waals surface area contributed by atoms with Crippen LogP contribution in [-0.4, -0.2) is 25.0 Å². The fourth-order valence-corrected chi connectivity index (χ4v) is 1.13. The quantitative estimate of drug-likeness (QED) is 0.636. The molecule has 2 aromatic heterocycles. The number of nitrogens with one attached hydrogen (secondary N) is 1. The molecule has 2 N–H and O–H groups in total. The first kappa shape index (κ1) is 8.76. The molecule has 0 fully saturated rings. The Morgan fingerprint density at radius 3 is 3.00 bits per heavy atom. The van der Waals surface area contributed by atoms with Crippen molar-refractivity contribution in [2.75, 3.05) is 0 Å². The predicted molar refractivity (Wildman–Crippen MR) is 48.6 cm³/mol. The summed E-state index contributed by atoms with van der Waals surface area (Å²) in [7, 11) is 0. The summed E-state index contributed by atoms with van der Waals surface area (Å²) >= 11 is 0. The van der Waals surface area contributed by atoms with Crippen molar-refractivity contribution < 1.29 is 5.11 Å². The Bertz CT molecular complexity index is 534. The van der Waals surface area contributed by atoms with Crippen LogP contribution in [0.3, 0.4) is 0 Å². The summed E-state index contributed by atoms with van der Waals surface area (Å²) in [4.78, 5) is 25.7. The minimum atomic E-state index is -0.379. The maximum Gasteiger partial charge on any atom is 0.279 e. The van der Waals surface area contributed by atoms with Gasteiger partial charge in [-0.25, -0.2) is 15.0 Å². The molecule has 0 saturated carbocycles. The summed E-state index contributed by atoms with van der Waals surface area (Å²) in [5, 5.41) is 8.80. The second-order valence-electron chi connectivity index (χ2n) is 2.85. The molecule has 6 heteroatoms.